The van der Waals surface area contributed by atoms with Crippen LogP contribution in [0.3, 0.4) is 0 Å². The van der Waals surface area contributed by atoms with Crippen molar-refractivity contribution in [3.05, 3.63) is 29.0 Å². The molecule has 1 saturated carbocycles. The number of hydrogen-bond donors (Lipinski definition) is 1. The predicted octanol–water partition coefficient (Wildman–Crippen LogP) is 4.58. The molecule has 3 heteroatoms. The molecule has 1 aromatic rings. The molecule has 1 aliphatic carbocycles. The number of aromatic nitrogens is 1. The molecule has 0 saturated heterocycles. The Morgan fingerprint density at radius 1 is 1.29 bits per heavy atom. The average molecular weight is 309 g/mol. The van der Waals surface area contributed by atoms with Gasteiger partial charge in [0.25, 0.3) is 0 Å². The van der Waals surface area contributed by atoms with Crippen LogP contribution >= 0.6 is 11.6 Å². The summed E-state index contributed by atoms with van der Waals surface area (Å²) >= 11 is 6.32. The van der Waals surface area contributed by atoms with E-state index >= 15 is 0 Å². The van der Waals surface area contributed by atoms with E-state index in [-0.39, 0.29) is 0 Å². The first-order valence-electron chi connectivity index (χ1n) is 8.14. The Morgan fingerprint density at radius 2 is 2.05 bits per heavy atom. The SMILES string of the molecule is CNCC1CCC(C(C)(C)C)CC1Cc1ccncc1Cl. The second-order valence-electron chi connectivity index (χ2n) is 7.63. The van der Waals surface area contributed by atoms with Crippen molar-refractivity contribution in [2.45, 2.75) is 46.5 Å². The zero-order valence-electron chi connectivity index (χ0n) is 13.8. The second kappa shape index (κ2) is 7.11. The largest absolute Gasteiger partial charge is 0.319 e. The fraction of sp³-hybridized carbons (Fsp3) is 0.722. The van der Waals surface area contributed by atoms with Gasteiger partial charge in [-0.05, 0) is 74.1 Å². The summed E-state index contributed by atoms with van der Waals surface area (Å²) < 4.78 is 0. The number of pyridine rings is 1. The number of rotatable bonds is 4. The van der Waals surface area contributed by atoms with Crippen LogP contribution in [0.25, 0.3) is 0 Å². The van der Waals surface area contributed by atoms with Crippen molar-refractivity contribution in [2.75, 3.05) is 13.6 Å². The van der Waals surface area contributed by atoms with Gasteiger partial charge < -0.3 is 5.32 Å². The first kappa shape index (κ1) is 16.8. The number of nitrogens with one attached hydrogen (secondary N) is 1. The van der Waals surface area contributed by atoms with Gasteiger partial charge in [-0.3, -0.25) is 4.98 Å². The number of hydrogen-bond acceptors (Lipinski definition) is 2. The molecule has 21 heavy (non-hydrogen) atoms. The van der Waals surface area contributed by atoms with E-state index in [0.717, 1.165) is 35.7 Å². The third-order valence-corrected chi connectivity index (χ3v) is 5.51. The number of nitrogens with zero attached hydrogens (tertiary/aromatic N) is 1. The predicted molar refractivity (Wildman–Crippen MR) is 90.7 cm³/mol. The van der Waals surface area contributed by atoms with Gasteiger partial charge in [-0.25, -0.2) is 0 Å². The van der Waals surface area contributed by atoms with Crippen molar-refractivity contribution < 1.29 is 0 Å². The Hall–Kier alpha value is -0.600. The molecule has 1 aliphatic rings. The van der Waals surface area contributed by atoms with Crippen LogP contribution in [-0.2, 0) is 6.42 Å². The molecule has 1 heterocycles. The van der Waals surface area contributed by atoms with Crippen LogP contribution in [0.2, 0.25) is 5.02 Å². The summed E-state index contributed by atoms with van der Waals surface area (Å²) in [6, 6.07) is 2.08. The molecular weight excluding hydrogens is 280 g/mol. The highest BCUT2D eigenvalue weighted by molar-refractivity contribution is 6.31. The topological polar surface area (TPSA) is 24.9 Å². The van der Waals surface area contributed by atoms with Gasteiger partial charge in [-0.2, -0.15) is 0 Å². The Balaban J connectivity index is 2.12. The van der Waals surface area contributed by atoms with Crippen LogP contribution in [0, 0.1) is 23.2 Å². The van der Waals surface area contributed by atoms with Gasteiger partial charge >= 0.3 is 0 Å². The van der Waals surface area contributed by atoms with Crippen molar-refractivity contribution in [3.63, 3.8) is 0 Å². The van der Waals surface area contributed by atoms with E-state index in [9.17, 15) is 0 Å². The van der Waals surface area contributed by atoms with Gasteiger partial charge in [0, 0.05) is 12.4 Å². The summed E-state index contributed by atoms with van der Waals surface area (Å²) in [5.41, 5.74) is 1.66. The molecular formula is C18H29ClN2. The summed E-state index contributed by atoms with van der Waals surface area (Å²) in [6.07, 6.45) is 8.72. The molecule has 0 aliphatic heterocycles. The highest BCUT2D eigenvalue weighted by atomic mass is 35.5. The van der Waals surface area contributed by atoms with Gasteiger partial charge in [0.2, 0.25) is 0 Å². The lowest BCUT2D eigenvalue weighted by molar-refractivity contribution is 0.0980. The fourth-order valence-electron chi connectivity index (χ4n) is 3.75. The summed E-state index contributed by atoms with van der Waals surface area (Å²) in [4.78, 5) is 4.10. The molecule has 1 aromatic heterocycles. The van der Waals surface area contributed by atoms with E-state index in [1.165, 1.54) is 24.8 Å². The maximum atomic E-state index is 6.32. The highest BCUT2D eigenvalue weighted by Gasteiger charge is 2.35. The second-order valence-corrected chi connectivity index (χ2v) is 8.03. The minimum absolute atomic E-state index is 0.408. The van der Waals surface area contributed by atoms with Crippen LogP contribution in [0.5, 0.6) is 0 Å². The van der Waals surface area contributed by atoms with Crippen LogP contribution in [0.1, 0.15) is 45.6 Å². The minimum Gasteiger partial charge on any atom is -0.319 e. The van der Waals surface area contributed by atoms with Gasteiger partial charge in [-0.1, -0.05) is 32.4 Å². The fourth-order valence-corrected chi connectivity index (χ4v) is 3.94. The molecule has 2 rings (SSSR count). The maximum absolute atomic E-state index is 6.32. The van der Waals surface area contributed by atoms with Gasteiger partial charge in [0.1, 0.15) is 0 Å². The summed E-state index contributed by atoms with van der Waals surface area (Å²) in [5, 5.41) is 4.19. The summed E-state index contributed by atoms with van der Waals surface area (Å²) in [5.74, 6) is 2.30. The third kappa shape index (κ3) is 4.43. The normalized spacial score (nSPS) is 26.8. The van der Waals surface area contributed by atoms with Gasteiger partial charge in [0.05, 0.1) is 5.02 Å². The first-order chi connectivity index (χ1) is 9.91. The van der Waals surface area contributed by atoms with Crippen molar-refractivity contribution in [1.29, 1.82) is 0 Å². The Bertz CT molecular complexity index is 453. The zero-order valence-corrected chi connectivity index (χ0v) is 14.6. The molecule has 0 aromatic carbocycles. The lowest BCUT2D eigenvalue weighted by Crippen LogP contribution is -2.36. The Morgan fingerprint density at radius 3 is 2.67 bits per heavy atom. The van der Waals surface area contributed by atoms with Crippen LogP contribution in [-0.4, -0.2) is 18.6 Å². The average Bonchev–Trinajstić information content (AvgIpc) is 2.42. The lowest BCUT2D eigenvalue weighted by Gasteiger charge is -2.42. The summed E-state index contributed by atoms with van der Waals surface area (Å²) in [6.45, 7) is 8.26. The summed E-state index contributed by atoms with van der Waals surface area (Å²) in [7, 11) is 2.06. The third-order valence-electron chi connectivity index (χ3n) is 5.17. The van der Waals surface area contributed by atoms with Crippen molar-refractivity contribution in [3.8, 4) is 0 Å². The lowest BCUT2D eigenvalue weighted by atomic mass is 9.64. The molecule has 1 N–H and O–H groups in total. The first-order valence-corrected chi connectivity index (χ1v) is 8.52. The van der Waals surface area contributed by atoms with Crippen molar-refractivity contribution in [1.82, 2.24) is 10.3 Å². The van der Waals surface area contributed by atoms with Gasteiger partial charge in [0.15, 0.2) is 0 Å². The molecule has 3 unspecified atom stereocenters. The van der Waals surface area contributed by atoms with E-state index in [1.54, 1.807) is 6.20 Å². The molecule has 1 fully saturated rings. The molecule has 0 spiro atoms. The standard InChI is InChI=1S/C18H29ClN2/c1-18(2,3)16-6-5-14(11-20-4)15(10-16)9-13-7-8-21-12-17(13)19/h7-8,12,14-16,20H,5-6,9-11H2,1-4H3. The van der Waals surface area contributed by atoms with Crippen molar-refractivity contribution >= 4 is 11.6 Å². The maximum Gasteiger partial charge on any atom is 0.0621 e. The molecule has 3 atom stereocenters. The smallest absolute Gasteiger partial charge is 0.0621 e. The molecule has 0 amide bonds. The number of halogens is 1. The Kier molecular flexibility index (Phi) is 5.67. The van der Waals surface area contributed by atoms with E-state index < -0.39 is 0 Å². The van der Waals surface area contributed by atoms with E-state index in [4.69, 9.17) is 11.6 Å². The Labute approximate surface area is 134 Å². The molecule has 118 valence electrons. The van der Waals surface area contributed by atoms with Gasteiger partial charge in [-0.15, -0.1) is 0 Å². The van der Waals surface area contributed by atoms with E-state index in [1.807, 2.05) is 6.20 Å². The minimum atomic E-state index is 0.408. The van der Waals surface area contributed by atoms with E-state index in [2.05, 4.69) is 44.2 Å². The van der Waals surface area contributed by atoms with E-state index in [0.29, 0.717) is 5.41 Å². The van der Waals surface area contributed by atoms with Crippen molar-refractivity contribution in [2.24, 2.45) is 23.2 Å². The van der Waals surface area contributed by atoms with Crippen LogP contribution in [0.4, 0.5) is 0 Å². The highest BCUT2D eigenvalue weighted by Crippen LogP contribution is 2.44. The quantitative estimate of drug-likeness (QED) is 0.881. The molecule has 0 radical (unpaired) electrons. The molecule has 2 nitrogen and oxygen atoms in total. The van der Waals surface area contributed by atoms with Crippen LogP contribution < -0.4 is 5.32 Å². The molecule has 0 bridgehead atoms. The van der Waals surface area contributed by atoms with Crippen LogP contribution in [0.15, 0.2) is 18.5 Å². The monoisotopic (exact) mass is 308 g/mol. The zero-order chi connectivity index (χ0) is 15.5.